The normalized spacial score (nSPS) is 23.3. The second-order valence-corrected chi connectivity index (χ2v) is 6.62. The fourth-order valence-electron chi connectivity index (χ4n) is 3.60. The molecule has 2 aromatic heterocycles. The number of halogens is 1. The Morgan fingerprint density at radius 2 is 2.00 bits per heavy atom. The highest BCUT2D eigenvalue weighted by molar-refractivity contribution is 5.93. The number of carbonyl (C=O) groups is 1. The van der Waals surface area contributed by atoms with E-state index in [-0.39, 0.29) is 5.91 Å². The summed E-state index contributed by atoms with van der Waals surface area (Å²) in [5.74, 6) is -0.0503. The van der Waals surface area contributed by atoms with Crippen LogP contribution in [0.1, 0.15) is 23.2 Å². The van der Waals surface area contributed by atoms with E-state index in [0.717, 1.165) is 31.8 Å². The van der Waals surface area contributed by atoms with E-state index in [1.807, 2.05) is 4.90 Å². The molecule has 0 aromatic carbocycles. The summed E-state index contributed by atoms with van der Waals surface area (Å²) in [6, 6.07) is 1.66. The molecule has 2 saturated heterocycles. The zero-order chi connectivity index (χ0) is 18.0. The molecular formula is C17H19FN6O2. The van der Waals surface area contributed by atoms with Gasteiger partial charge < -0.3 is 14.5 Å². The summed E-state index contributed by atoms with van der Waals surface area (Å²) in [6.07, 6.45) is 7.06. The smallest absolute Gasteiger partial charge is 0.255 e. The van der Waals surface area contributed by atoms with E-state index in [1.165, 1.54) is 12.4 Å². The van der Waals surface area contributed by atoms with E-state index < -0.39 is 11.4 Å². The predicted octanol–water partition coefficient (Wildman–Crippen LogP) is 0.917. The fourth-order valence-corrected chi connectivity index (χ4v) is 3.60. The van der Waals surface area contributed by atoms with E-state index in [1.54, 1.807) is 11.0 Å². The van der Waals surface area contributed by atoms with Crippen LogP contribution in [-0.4, -0.2) is 69.4 Å². The Bertz CT molecular complexity index is 771. The molecule has 2 aromatic rings. The maximum Gasteiger partial charge on any atom is 0.255 e. The molecule has 4 heterocycles. The molecule has 0 radical (unpaired) electrons. The molecular weight excluding hydrogens is 339 g/mol. The van der Waals surface area contributed by atoms with Crippen molar-refractivity contribution in [2.75, 3.05) is 37.7 Å². The first-order valence-electron chi connectivity index (χ1n) is 8.58. The van der Waals surface area contributed by atoms with Crippen LogP contribution in [0.15, 0.2) is 30.9 Å². The van der Waals surface area contributed by atoms with Crippen LogP contribution in [0.25, 0.3) is 0 Å². The molecule has 0 N–H and O–H groups in total. The van der Waals surface area contributed by atoms with Gasteiger partial charge in [0.1, 0.15) is 5.60 Å². The second kappa shape index (κ2) is 6.91. The van der Waals surface area contributed by atoms with Crippen LogP contribution < -0.4 is 4.90 Å². The van der Waals surface area contributed by atoms with Crippen LogP contribution in [-0.2, 0) is 4.74 Å². The number of nitrogens with zero attached hydrogens (tertiary/aromatic N) is 6. The fraction of sp³-hybridized carbons (Fsp3) is 0.471. The van der Waals surface area contributed by atoms with Gasteiger partial charge in [0.15, 0.2) is 5.82 Å². The number of anilines is 1. The van der Waals surface area contributed by atoms with Crippen LogP contribution in [0.4, 0.5) is 10.3 Å². The van der Waals surface area contributed by atoms with Gasteiger partial charge in [-0.2, -0.15) is 10.2 Å². The molecule has 1 unspecified atom stereocenters. The maximum atomic E-state index is 13.1. The highest BCUT2D eigenvalue weighted by Crippen LogP contribution is 2.31. The summed E-state index contributed by atoms with van der Waals surface area (Å²) in [7, 11) is 0. The summed E-state index contributed by atoms with van der Waals surface area (Å²) in [6.45, 7) is 2.85. The molecule has 8 nitrogen and oxygen atoms in total. The average Bonchev–Trinajstić information content (AvgIpc) is 2.69. The molecule has 0 bridgehead atoms. The van der Waals surface area contributed by atoms with E-state index in [4.69, 9.17) is 4.74 Å². The highest BCUT2D eigenvalue weighted by atomic mass is 19.1. The van der Waals surface area contributed by atoms with Crippen molar-refractivity contribution in [3.05, 3.63) is 42.2 Å². The van der Waals surface area contributed by atoms with Crippen LogP contribution >= 0.6 is 0 Å². The third-order valence-electron chi connectivity index (χ3n) is 4.80. The summed E-state index contributed by atoms with van der Waals surface area (Å²) in [4.78, 5) is 24.7. The number of piperidine rings is 1. The Balaban J connectivity index is 1.50. The Kier molecular flexibility index (Phi) is 4.46. The van der Waals surface area contributed by atoms with Crippen molar-refractivity contribution in [3.63, 3.8) is 0 Å². The van der Waals surface area contributed by atoms with Crippen molar-refractivity contribution < 1.29 is 13.9 Å². The van der Waals surface area contributed by atoms with Gasteiger partial charge in [-0.15, -0.1) is 0 Å². The van der Waals surface area contributed by atoms with Crippen molar-refractivity contribution in [1.82, 2.24) is 25.1 Å². The molecule has 2 aliphatic heterocycles. The Morgan fingerprint density at radius 3 is 2.77 bits per heavy atom. The largest absolute Gasteiger partial charge is 0.369 e. The van der Waals surface area contributed by atoms with E-state index in [2.05, 4.69) is 20.2 Å². The van der Waals surface area contributed by atoms with Gasteiger partial charge in [0.2, 0.25) is 5.95 Å². The third-order valence-corrected chi connectivity index (χ3v) is 4.80. The number of rotatable bonds is 2. The van der Waals surface area contributed by atoms with E-state index >= 15 is 0 Å². The number of carbonyl (C=O) groups excluding carboxylic acids is 1. The monoisotopic (exact) mass is 358 g/mol. The Morgan fingerprint density at radius 1 is 1.15 bits per heavy atom. The maximum absolute atomic E-state index is 13.1. The number of ether oxygens (including phenoxy) is 1. The lowest BCUT2D eigenvalue weighted by Crippen LogP contribution is -2.61. The van der Waals surface area contributed by atoms with Gasteiger partial charge in [0, 0.05) is 13.1 Å². The Labute approximate surface area is 150 Å². The number of morpholine rings is 1. The lowest BCUT2D eigenvalue weighted by atomic mass is 9.90. The molecule has 2 fully saturated rings. The summed E-state index contributed by atoms with van der Waals surface area (Å²) in [5.41, 5.74) is 0.0521. The first-order valence-corrected chi connectivity index (χ1v) is 8.58. The molecule has 4 rings (SSSR count). The Hall–Kier alpha value is -2.68. The minimum Gasteiger partial charge on any atom is -0.369 e. The minimum atomic E-state index is -0.468. The van der Waals surface area contributed by atoms with Gasteiger partial charge in [0.05, 0.1) is 50.0 Å². The quantitative estimate of drug-likeness (QED) is 0.789. The van der Waals surface area contributed by atoms with Gasteiger partial charge in [-0.3, -0.25) is 4.79 Å². The molecule has 2 aliphatic rings. The van der Waals surface area contributed by atoms with Gasteiger partial charge in [-0.05, 0) is 18.9 Å². The number of amides is 1. The first kappa shape index (κ1) is 16.8. The predicted molar refractivity (Wildman–Crippen MR) is 90.1 cm³/mol. The molecule has 136 valence electrons. The molecule has 9 heteroatoms. The van der Waals surface area contributed by atoms with E-state index in [9.17, 15) is 9.18 Å². The highest BCUT2D eigenvalue weighted by Gasteiger charge is 2.42. The molecule has 26 heavy (non-hydrogen) atoms. The molecule has 0 saturated carbocycles. The van der Waals surface area contributed by atoms with Gasteiger partial charge >= 0.3 is 0 Å². The zero-order valence-electron chi connectivity index (χ0n) is 14.2. The van der Waals surface area contributed by atoms with Crippen molar-refractivity contribution in [2.24, 2.45) is 0 Å². The number of hydrogen-bond donors (Lipinski definition) is 0. The summed E-state index contributed by atoms with van der Waals surface area (Å²) in [5, 5.41) is 7.49. The van der Waals surface area contributed by atoms with Crippen molar-refractivity contribution in [2.45, 2.75) is 18.4 Å². The standard InChI is InChI=1S/C17H19FN6O2/c18-14-9-19-16(20-10-14)24-5-1-3-17(12-24)11-23(6-7-26-17)15(25)13-2-4-21-22-8-13/h2,4,8-10H,1,3,5-7,11-12H2. The van der Waals surface area contributed by atoms with Crippen LogP contribution in [0.5, 0.6) is 0 Å². The van der Waals surface area contributed by atoms with Crippen LogP contribution in [0, 0.1) is 5.82 Å². The topological polar surface area (TPSA) is 84.3 Å². The average molecular weight is 358 g/mol. The SMILES string of the molecule is O=C(c1ccnnc1)N1CCOC2(CCCN(c3ncc(F)cn3)C2)C1. The zero-order valence-corrected chi connectivity index (χ0v) is 14.2. The van der Waals surface area contributed by atoms with Crippen molar-refractivity contribution >= 4 is 11.9 Å². The second-order valence-electron chi connectivity index (χ2n) is 6.62. The molecule has 1 atom stereocenters. The van der Waals surface area contributed by atoms with E-state index in [0.29, 0.717) is 37.8 Å². The van der Waals surface area contributed by atoms with Gasteiger partial charge in [0.25, 0.3) is 5.91 Å². The van der Waals surface area contributed by atoms with Crippen LogP contribution in [0.2, 0.25) is 0 Å². The number of aromatic nitrogens is 4. The molecule has 0 aliphatic carbocycles. The number of hydrogen-bond acceptors (Lipinski definition) is 7. The minimum absolute atomic E-state index is 0.0715. The first-order chi connectivity index (χ1) is 12.7. The lowest BCUT2D eigenvalue weighted by Gasteiger charge is -2.48. The lowest BCUT2D eigenvalue weighted by molar-refractivity contribution is -0.105. The van der Waals surface area contributed by atoms with Gasteiger partial charge in [-0.1, -0.05) is 0 Å². The summed E-state index contributed by atoms with van der Waals surface area (Å²) < 4.78 is 19.2. The van der Waals surface area contributed by atoms with Crippen molar-refractivity contribution in [1.29, 1.82) is 0 Å². The van der Waals surface area contributed by atoms with Crippen molar-refractivity contribution in [3.8, 4) is 0 Å². The van der Waals surface area contributed by atoms with Crippen LogP contribution in [0.3, 0.4) is 0 Å². The third kappa shape index (κ3) is 3.34. The molecule has 1 amide bonds. The summed E-state index contributed by atoms with van der Waals surface area (Å²) >= 11 is 0. The van der Waals surface area contributed by atoms with Gasteiger partial charge in [-0.25, -0.2) is 14.4 Å². The molecule has 1 spiro atoms.